The molecule has 0 radical (unpaired) electrons. The number of carbonyl (C=O) groups is 2. The normalized spacial score (nSPS) is 15.9. The van der Waals surface area contributed by atoms with Gasteiger partial charge in [-0.05, 0) is 64.2 Å². The lowest BCUT2D eigenvalue weighted by atomic mass is 9.73. The van der Waals surface area contributed by atoms with Gasteiger partial charge >= 0.3 is 5.97 Å². The first-order chi connectivity index (χ1) is 19.7. The number of ether oxygens (including phenoxy) is 1. The van der Waals surface area contributed by atoms with E-state index in [1.807, 2.05) is 69.3 Å². The van der Waals surface area contributed by atoms with Gasteiger partial charge in [-0.3, -0.25) is 14.4 Å². The monoisotopic (exact) mass is 562 g/mol. The summed E-state index contributed by atoms with van der Waals surface area (Å²) in [4.78, 5) is 37.4. The number of hydroxylamine groups is 1. The van der Waals surface area contributed by atoms with Crippen LogP contribution < -0.4 is 10.8 Å². The minimum atomic E-state index is -0.648. The van der Waals surface area contributed by atoms with Gasteiger partial charge in [0.15, 0.2) is 0 Å². The van der Waals surface area contributed by atoms with Crippen LogP contribution in [0.5, 0.6) is 0 Å². The fourth-order valence-electron chi connectivity index (χ4n) is 5.61. The zero-order valence-corrected chi connectivity index (χ0v) is 25.1. The van der Waals surface area contributed by atoms with Crippen LogP contribution in [0.2, 0.25) is 0 Å². The predicted octanol–water partition coefficient (Wildman–Crippen LogP) is 5.88. The molecule has 0 bridgehead atoms. The van der Waals surface area contributed by atoms with Crippen molar-refractivity contribution in [1.29, 1.82) is 0 Å². The van der Waals surface area contributed by atoms with Gasteiger partial charge in [0, 0.05) is 19.5 Å². The summed E-state index contributed by atoms with van der Waals surface area (Å²) < 4.78 is 8.12. The Labute approximate surface area is 244 Å². The summed E-state index contributed by atoms with van der Waals surface area (Å²) in [5.74, 6) is 0.521. The molecule has 1 amide bonds. The van der Waals surface area contributed by atoms with Gasteiger partial charge in [-0.25, -0.2) is 10.5 Å². The van der Waals surface area contributed by atoms with Crippen molar-refractivity contribution in [1.82, 2.24) is 20.3 Å². The highest BCUT2D eigenvalue weighted by atomic mass is 16.6. The number of amides is 1. The lowest BCUT2D eigenvalue weighted by Gasteiger charge is -2.38. The molecule has 0 spiro atoms. The van der Waals surface area contributed by atoms with Crippen molar-refractivity contribution in [3.63, 3.8) is 0 Å². The molecule has 1 aromatic heterocycles. The Kier molecular flexibility index (Phi) is 10.6. The Balaban J connectivity index is 1.50. The van der Waals surface area contributed by atoms with E-state index in [2.05, 4.69) is 28.4 Å². The van der Waals surface area contributed by atoms with E-state index in [9.17, 15) is 9.59 Å². The van der Waals surface area contributed by atoms with Crippen molar-refractivity contribution in [2.75, 3.05) is 6.54 Å². The van der Waals surface area contributed by atoms with E-state index in [1.165, 1.54) is 0 Å². The molecule has 222 valence electrons. The molecule has 1 aliphatic rings. The third-order valence-corrected chi connectivity index (χ3v) is 7.74. The van der Waals surface area contributed by atoms with E-state index in [-0.39, 0.29) is 18.5 Å². The number of para-hydroxylation sites is 2. The SMILES string of the molecule is CCCn1c(CC[C@H](NCC2(C(=O)OC(C)(C)C)CCCCC2)C(=O)NOCc2ccccc2)nc2ccccc21. The second-order valence-corrected chi connectivity index (χ2v) is 12.2. The number of carbonyl (C=O) groups excluding carboxylic acids is 2. The smallest absolute Gasteiger partial charge is 0.313 e. The zero-order chi connectivity index (χ0) is 29.3. The highest BCUT2D eigenvalue weighted by Crippen LogP contribution is 2.38. The van der Waals surface area contributed by atoms with Crippen molar-refractivity contribution in [2.24, 2.45) is 5.41 Å². The minimum Gasteiger partial charge on any atom is -0.460 e. The molecule has 0 saturated heterocycles. The lowest BCUT2D eigenvalue weighted by molar-refractivity contribution is -0.170. The summed E-state index contributed by atoms with van der Waals surface area (Å²) >= 11 is 0. The van der Waals surface area contributed by atoms with Crippen LogP contribution in [0.25, 0.3) is 11.0 Å². The van der Waals surface area contributed by atoms with Gasteiger partial charge in [0.2, 0.25) is 0 Å². The average Bonchev–Trinajstić information content (AvgIpc) is 3.30. The molecule has 1 atom stereocenters. The van der Waals surface area contributed by atoms with Crippen molar-refractivity contribution in [3.8, 4) is 0 Å². The van der Waals surface area contributed by atoms with Crippen LogP contribution in [-0.4, -0.2) is 39.6 Å². The number of fused-ring (bicyclic) bond motifs is 1. The Bertz CT molecular complexity index is 1280. The van der Waals surface area contributed by atoms with Gasteiger partial charge in [0.1, 0.15) is 11.4 Å². The number of imidazole rings is 1. The lowest BCUT2D eigenvalue weighted by Crippen LogP contribution is -2.52. The average molecular weight is 563 g/mol. The maximum absolute atomic E-state index is 13.5. The summed E-state index contributed by atoms with van der Waals surface area (Å²) in [7, 11) is 0. The Morgan fingerprint density at radius 2 is 1.73 bits per heavy atom. The van der Waals surface area contributed by atoms with Gasteiger partial charge in [0.05, 0.1) is 29.1 Å². The number of nitrogens with zero attached hydrogens (tertiary/aromatic N) is 2. The van der Waals surface area contributed by atoms with Crippen LogP contribution in [0.3, 0.4) is 0 Å². The standard InChI is InChI=1S/C33H46N4O4/c1-5-22-37-28-17-11-10-16-26(28)35-29(37)19-18-27(30(38)36-40-23-25-14-8-6-9-15-25)34-24-33(20-12-7-13-21-33)31(39)41-32(2,3)4/h6,8-11,14-17,27,34H,5,7,12-13,18-24H2,1-4H3,(H,36,38)/t27-/m0/s1. The molecule has 2 aromatic carbocycles. The quantitative estimate of drug-likeness (QED) is 0.200. The number of hydrogen-bond acceptors (Lipinski definition) is 6. The number of nitrogens with one attached hydrogen (secondary N) is 2. The molecule has 1 saturated carbocycles. The zero-order valence-electron chi connectivity index (χ0n) is 25.1. The summed E-state index contributed by atoms with van der Waals surface area (Å²) in [6.45, 7) is 9.37. The molecular weight excluding hydrogens is 516 g/mol. The van der Waals surface area contributed by atoms with Crippen LogP contribution in [0.1, 0.15) is 84.0 Å². The topological polar surface area (TPSA) is 94.5 Å². The van der Waals surface area contributed by atoms with E-state index in [4.69, 9.17) is 14.6 Å². The first-order valence-corrected chi connectivity index (χ1v) is 15.1. The fraction of sp³-hybridized carbons (Fsp3) is 0.545. The van der Waals surface area contributed by atoms with E-state index >= 15 is 0 Å². The minimum absolute atomic E-state index is 0.179. The molecule has 1 aliphatic carbocycles. The van der Waals surface area contributed by atoms with Crippen molar-refractivity contribution < 1.29 is 19.2 Å². The number of hydrogen-bond donors (Lipinski definition) is 2. The number of rotatable bonds is 13. The molecule has 41 heavy (non-hydrogen) atoms. The number of aryl methyl sites for hydroxylation is 2. The maximum Gasteiger partial charge on any atom is 0.313 e. The summed E-state index contributed by atoms with van der Waals surface area (Å²) in [5, 5.41) is 3.47. The van der Waals surface area contributed by atoms with Gasteiger partial charge in [0.25, 0.3) is 5.91 Å². The van der Waals surface area contributed by atoms with E-state index in [0.29, 0.717) is 19.4 Å². The van der Waals surface area contributed by atoms with Gasteiger partial charge in [-0.2, -0.15) is 0 Å². The molecule has 3 aromatic rings. The molecule has 0 aliphatic heterocycles. The Morgan fingerprint density at radius 1 is 1.02 bits per heavy atom. The first kappa shape index (κ1) is 30.7. The Morgan fingerprint density at radius 3 is 2.44 bits per heavy atom. The van der Waals surface area contributed by atoms with Crippen molar-refractivity contribution in [2.45, 2.75) is 104 Å². The van der Waals surface area contributed by atoms with Crippen LogP contribution >= 0.6 is 0 Å². The van der Waals surface area contributed by atoms with Gasteiger partial charge in [-0.15, -0.1) is 0 Å². The van der Waals surface area contributed by atoms with Crippen molar-refractivity contribution >= 4 is 22.9 Å². The molecule has 2 N–H and O–H groups in total. The predicted molar refractivity (Wildman–Crippen MR) is 161 cm³/mol. The number of aromatic nitrogens is 2. The molecule has 1 fully saturated rings. The highest BCUT2D eigenvalue weighted by Gasteiger charge is 2.43. The van der Waals surface area contributed by atoms with Crippen LogP contribution in [0, 0.1) is 5.41 Å². The maximum atomic E-state index is 13.5. The summed E-state index contributed by atoms with van der Waals surface area (Å²) in [6, 6.07) is 17.3. The van der Waals surface area contributed by atoms with Gasteiger partial charge in [-0.1, -0.05) is 68.7 Å². The van der Waals surface area contributed by atoms with Crippen LogP contribution in [0.15, 0.2) is 54.6 Å². The molecule has 0 unspecified atom stereocenters. The fourth-order valence-corrected chi connectivity index (χ4v) is 5.61. The van der Waals surface area contributed by atoms with E-state index in [0.717, 1.165) is 67.5 Å². The van der Waals surface area contributed by atoms with E-state index in [1.54, 1.807) is 0 Å². The molecular formula is C33H46N4O4. The summed E-state index contributed by atoms with van der Waals surface area (Å²) in [5.41, 5.74) is 4.48. The Hall–Kier alpha value is -3.23. The summed E-state index contributed by atoms with van der Waals surface area (Å²) in [6.07, 6.45) is 6.66. The third-order valence-electron chi connectivity index (χ3n) is 7.74. The first-order valence-electron chi connectivity index (χ1n) is 15.1. The van der Waals surface area contributed by atoms with E-state index < -0.39 is 17.1 Å². The van der Waals surface area contributed by atoms with Crippen LogP contribution in [-0.2, 0) is 38.7 Å². The third kappa shape index (κ3) is 8.39. The van der Waals surface area contributed by atoms with Crippen LogP contribution in [0.4, 0.5) is 0 Å². The highest BCUT2D eigenvalue weighted by molar-refractivity contribution is 5.81. The molecule has 8 nitrogen and oxygen atoms in total. The second kappa shape index (κ2) is 14.1. The largest absolute Gasteiger partial charge is 0.460 e. The molecule has 4 rings (SSSR count). The van der Waals surface area contributed by atoms with Gasteiger partial charge < -0.3 is 14.6 Å². The van der Waals surface area contributed by atoms with Crippen molar-refractivity contribution in [3.05, 3.63) is 66.0 Å². The number of esters is 1. The second-order valence-electron chi connectivity index (χ2n) is 12.2. The number of benzene rings is 2. The molecule has 1 heterocycles. The molecule has 8 heteroatoms.